The Bertz CT molecular complexity index is 424. The highest BCUT2D eigenvalue weighted by molar-refractivity contribution is 5.81. The Morgan fingerprint density at radius 3 is 2.58 bits per heavy atom. The minimum atomic E-state index is -0.190. The van der Waals surface area contributed by atoms with Gasteiger partial charge in [-0.2, -0.15) is 0 Å². The van der Waals surface area contributed by atoms with Crippen molar-refractivity contribution in [3.8, 4) is 0 Å². The van der Waals surface area contributed by atoms with Crippen molar-refractivity contribution in [1.29, 1.82) is 0 Å². The van der Waals surface area contributed by atoms with E-state index in [9.17, 15) is 4.79 Å². The van der Waals surface area contributed by atoms with E-state index in [0.717, 1.165) is 31.8 Å². The summed E-state index contributed by atoms with van der Waals surface area (Å²) >= 11 is 0. The van der Waals surface area contributed by atoms with Gasteiger partial charge in [0.15, 0.2) is 0 Å². The van der Waals surface area contributed by atoms with Gasteiger partial charge in [-0.3, -0.25) is 10.1 Å². The van der Waals surface area contributed by atoms with Gasteiger partial charge in [0.1, 0.15) is 12.2 Å². The van der Waals surface area contributed by atoms with Gasteiger partial charge in [0.25, 0.3) is 0 Å². The van der Waals surface area contributed by atoms with Gasteiger partial charge in [-0.15, -0.1) is 10.2 Å². The molecule has 106 valence electrons. The lowest BCUT2D eigenvalue weighted by atomic mass is 10.1. The molecule has 0 saturated carbocycles. The summed E-state index contributed by atoms with van der Waals surface area (Å²) in [6, 6.07) is -0.180. The highest BCUT2D eigenvalue weighted by Gasteiger charge is 2.24. The van der Waals surface area contributed by atoms with Crippen LogP contribution in [0.2, 0.25) is 0 Å². The first-order chi connectivity index (χ1) is 9.09. The van der Waals surface area contributed by atoms with E-state index in [2.05, 4.69) is 15.5 Å². The van der Waals surface area contributed by atoms with Crippen LogP contribution in [0.5, 0.6) is 0 Å². The molecule has 0 aromatic carbocycles. The van der Waals surface area contributed by atoms with Crippen LogP contribution >= 0.6 is 0 Å². The molecule has 2 rings (SSSR count). The number of likely N-dealkylation sites (tertiary alicyclic amines) is 1. The van der Waals surface area contributed by atoms with E-state index in [0.29, 0.717) is 0 Å². The summed E-state index contributed by atoms with van der Waals surface area (Å²) in [5, 5.41) is 11.2. The van der Waals surface area contributed by atoms with E-state index < -0.39 is 0 Å². The zero-order valence-electron chi connectivity index (χ0n) is 12.0. The van der Waals surface area contributed by atoms with Crippen molar-refractivity contribution in [3.05, 3.63) is 12.2 Å². The fourth-order valence-electron chi connectivity index (χ4n) is 2.59. The second-order valence-corrected chi connectivity index (χ2v) is 5.30. The predicted octanol–water partition coefficient (Wildman–Crippen LogP) is 0.867. The third kappa shape index (κ3) is 3.32. The number of hydrogen-bond donors (Lipinski definition) is 1. The van der Waals surface area contributed by atoms with Gasteiger partial charge in [-0.1, -0.05) is 0 Å². The van der Waals surface area contributed by atoms with E-state index in [1.54, 1.807) is 6.33 Å². The largest absolute Gasteiger partial charge is 0.341 e. The van der Waals surface area contributed by atoms with Crippen molar-refractivity contribution in [2.45, 2.75) is 45.2 Å². The van der Waals surface area contributed by atoms with Gasteiger partial charge in [0, 0.05) is 20.1 Å². The van der Waals surface area contributed by atoms with Gasteiger partial charge in [-0.05, 0) is 33.1 Å². The summed E-state index contributed by atoms with van der Waals surface area (Å²) < 4.78 is 1.87. The first kappa shape index (κ1) is 14.0. The average molecular weight is 265 g/mol. The molecular formula is C13H23N5O. The Labute approximate surface area is 114 Å². The van der Waals surface area contributed by atoms with E-state index in [1.807, 2.05) is 30.4 Å². The number of carbonyl (C=O) groups excluding carboxylic acids is 1. The monoisotopic (exact) mass is 265 g/mol. The lowest BCUT2D eigenvalue weighted by molar-refractivity contribution is -0.134. The molecule has 0 radical (unpaired) electrons. The maximum Gasteiger partial charge on any atom is 0.239 e. The van der Waals surface area contributed by atoms with Crippen LogP contribution in [0, 0.1) is 0 Å². The second-order valence-electron chi connectivity index (χ2n) is 5.30. The highest BCUT2D eigenvalue weighted by atomic mass is 16.2. The zero-order chi connectivity index (χ0) is 13.8. The van der Waals surface area contributed by atoms with Gasteiger partial charge in [0.2, 0.25) is 5.91 Å². The minimum absolute atomic E-state index is 0.0104. The van der Waals surface area contributed by atoms with Gasteiger partial charge >= 0.3 is 0 Å². The third-order valence-corrected chi connectivity index (χ3v) is 3.67. The molecule has 1 saturated heterocycles. The summed E-state index contributed by atoms with van der Waals surface area (Å²) in [6.07, 6.45) is 5.15. The summed E-state index contributed by atoms with van der Waals surface area (Å²) in [5.74, 6) is 1.03. The number of aromatic nitrogens is 3. The number of rotatable bonds is 4. The molecule has 2 atom stereocenters. The smallest absolute Gasteiger partial charge is 0.239 e. The number of nitrogens with one attached hydrogen (secondary N) is 1. The van der Waals surface area contributed by atoms with Gasteiger partial charge < -0.3 is 9.47 Å². The molecule has 1 fully saturated rings. The number of piperidine rings is 1. The number of amides is 1. The predicted molar refractivity (Wildman–Crippen MR) is 72.4 cm³/mol. The van der Waals surface area contributed by atoms with Crippen LogP contribution in [-0.4, -0.2) is 44.7 Å². The van der Waals surface area contributed by atoms with Crippen molar-refractivity contribution in [2.75, 3.05) is 13.1 Å². The Kier molecular flexibility index (Phi) is 4.52. The standard InChI is InChI=1S/C13H23N5O/c1-10(12-16-14-9-17(12)3)15-11(2)13(19)18-7-5-4-6-8-18/h9-11,15H,4-8H2,1-3H3. The molecule has 1 aromatic heterocycles. The molecule has 1 amide bonds. The zero-order valence-corrected chi connectivity index (χ0v) is 12.0. The molecule has 6 heteroatoms. The quantitative estimate of drug-likeness (QED) is 0.877. The van der Waals surface area contributed by atoms with E-state index in [-0.39, 0.29) is 18.0 Å². The van der Waals surface area contributed by atoms with Crippen LogP contribution in [0.15, 0.2) is 6.33 Å². The molecule has 2 heterocycles. The van der Waals surface area contributed by atoms with Crippen LogP contribution in [-0.2, 0) is 11.8 Å². The van der Waals surface area contributed by atoms with Gasteiger partial charge in [0.05, 0.1) is 12.1 Å². The number of hydrogen-bond acceptors (Lipinski definition) is 4. The fourth-order valence-corrected chi connectivity index (χ4v) is 2.59. The minimum Gasteiger partial charge on any atom is -0.341 e. The van der Waals surface area contributed by atoms with Crippen molar-refractivity contribution in [3.63, 3.8) is 0 Å². The highest BCUT2D eigenvalue weighted by Crippen LogP contribution is 2.12. The summed E-state index contributed by atoms with van der Waals surface area (Å²) in [6.45, 7) is 5.71. The lowest BCUT2D eigenvalue weighted by Crippen LogP contribution is -2.47. The van der Waals surface area contributed by atoms with Crippen LogP contribution in [0.4, 0.5) is 0 Å². The molecule has 2 unspecified atom stereocenters. The Morgan fingerprint density at radius 2 is 2.00 bits per heavy atom. The van der Waals surface area contributed by atoms with Crippen molar-refractivity contribution in [1.82, 2.24) is 25.0 Å². The molecule has 0 spiro atoms. The fraction of sp³-hybridized carbons (Fsp3) is 0.769. The Hall–Kier alpha value is -1.43. The van der Waals surface area contributed by atoms with E-state index >= 15 is 0 Å². The lowest BCUT2D eigenvalue weighted by Gasteiger charge is -2.30. The first-order valence-corrected chi connectivity index (χ1v) is 6.98. The Morgan fingerprint density at radius 1 is 1.32 bits per heavy atom. The maximum atomic E-state index is 12.3. The molecule has 1 aliphatic heterocycles. The van der Waals surface area contributed by atoms with Crippen molar-refractivity contribution in [2.24, 2.45) is 7.05 Å². The Balaban J connectivity index is 1.91. The van der Waals surface area contributed by atoms with E-state index in [1.165, 1.54) is 6.42 Å². The topological polar surface area (TPSA) is 63.1 Å². The van der Waals surface area contributed by atoms with Crippen LogP contribution in [0.1, 0.15) is 45.0 Å². The summed E-state index contributed by atoms with van der Waals surface area (Å²) in [7, 11) is 1.91. The first-order valence-electron chi connectivity index (χ1n) is 6.98. The third-order valence-electron chi connectivity index (χ3n) is 3.67. The molecule has 1 aromatic rings. The average Bonchev–Trinajstić information content (AvgIpc) is 2.85. The van der Waals surface area contributed by atoms with Gasteiger partial charge in [-0.25, -0.2) is 0 Å². The van der Waals surface area contributed by atoms with E-state index in [4.69, 9.17) is 0 Å². The van der Waals surface area contributed by atoms with Crippen molar-refractivity contribution < 1.29 is 4.79 Å². The number of aryl methyl sites for hydroxylation is 1. The molecule has 6 nitrogen and oxygen atoms in total. The molecule has 19 heavy (non-hydrogen) atoms. The normalized spacial score (nSPS) is 19.2. The number of nitrogens with zero attached hydrogens (tertiary/aromatic N) is 4. The second kappa shape index (κ2) is 6.14. The van der Waals surface area contributed by atoms with Crippen LogP contribution in [0.25, 0.3) is 0 Å². The molecule has 1 N–H and O–H groups in total. The summed E-state index contributed by atoms with van der Waals surface area (Å²) in [5.41, 5.74) is 0. The molecule has 0 bridgehead atoms. The summed E-state index contributed by atoms with van der Waals surface area (Å²) in [4.78, 5) is 14.3. The SMILES string of the molecule is CC(NC(C)c1nncn1C)C(=O)N1CCCCC1. The maximum absolute atomic E-state index is 12.3. The van der Waals surface area contributed by atoms with Crippen LogP contribution in [0.3, 0.4) is 0 Å². The number of carbonyl (C=O) groups is 1. The molecular weight excluding hydrogens is 242 g/mol. The molecule has 0 aliphatic carbocycles. The van der Waals surface area contributed by atoms with Crippen molar-refractivity contribution >= 4 is 5.91 Å². The van der Waals surface area contributed by atoms with Crippen LogP contribution < -0.4 is 5.32 Å². The molecule has 1 aliphatic rings.